The van der Waals surface area contributed by atoms with E-state index in [1.165, 1.54) is 29.7 Å². The van der Waals surface area contributed by atoms with E-state index < -0.39 is 0 Å². The van der Waals surface area contributed by atoms with Crippen LogP contribution in [-0.2, 0) is 6.42 Å². The maximum Gasteiger partial charge on any atom is 0.0422 e. The maximum absolute atomic E-state index is 3.45. The number of fused-ring (bicyclic) bond motifs is 1. The van der Waals surface area contributed by atoms with Gasteiger partial charge in [-0.05, 0) is 42.6 Å². The van der Waals surface area contributed by atoms with E-state index in [9.17, 15) is 0 Å². The van der Waals surface area contributed by atoms with E-state index in [1.807, 2.05) is 0 Å². The van der Waals surface area contributed by atoms with Gasteiger partial charge in [-0.3, -0.25) is 0 Å². The SMILES string of the molecule is CCCC1=CNc2cccc(P(P)PP)c2C1. The summed E-state index contributed by atoms with van der Waals surface area (Å²) in [5, 5.41) is 5.00. The van der Waals surface area contributed by atoms with Gasteiger partial charge < -0.3 is 5.32 Å². The molecule has 0 saturated heterocycles. The highest BCUT2D eigenvalue weighted by atomic mass is 32.6. The van der Waals surface area contributed by atoms with Gasteiger partial charge in [0, 0.05) is 11.9 Å². The van der Waals surface area contributed by atoms with E-state index in [0.717, 1.165) is 14.4 Å². The monoisotopic (exact) mass is 301 g/mol. The smallest absolute Gasteiger partial charge is 0.0422 e. The first-order valence-electron chi connectivity index (χ1n) is 5.83. The molecule has 2 rings (SSSR count). The van der Waals surface area contributed by atoms with Gasteiger partial charge in [0.25, 0.3) is 0 Å². The lowest BCUT2D eigenvalue weighted by Crippen LogP contribution is -2.14. The lowest BCUT2D eigenvalue weighted by molar-refractivity contribution is 0.864. The zero-order valence-corrected chi connectivity index (χ0v) is 14.2. The summed E-state index contributed by atoms with van der Waals surface area (Å²) >= 11 is 0. The van der Waals surface area contributed by atoms with Crippen LogP contribution in [0, 0.1) is 0 Å². The molecule has 0 amide bonds. The Labute approximate surface area is 111 Å². The molecule has 0 fully saturated rings. The molecule has 0 aromatic heterocycles. The normalized spacial score (nSPS) is 16.5. The van der Waals surface area contributed by atoms with Gasteiger partial charge in [0.15, 0.2) is 0 Å². The molecule has 1 aromatic rings. The highest BCUT2D eigenvalue weighted by Gasteiger charge is 2.16. The van der Waals surface area contributed by atoms with E-state index in [-0.39, 0.29) is 7.30 Å². The lowest BCUT2D eigenvalue weighted by atomic mass is 9.98. The number of hydrogen-bond acceptors (Lipinski definition) is 1. The zero-order chi connectivity index (χ0) is 12.3. The fourth-order valence-electron chi connectivity index (χ4n) is 2.13. The van der Waals surface area contributed by atoms with E-state index in [2.05, 4.69) is 54.5 Å². The highest BCUT2D eigenvalue weighted by molar-refractivity contribution is 8.63. The molecule has 17 heavy (non-hydrogen) atoms. The molecule has 1 aliphatic rings. The Balaban J connectivity index is 2.30. The summed E-state index contributed by atoms with van der Waals surface area (Å²) in [5.74, 6) is 0. The predicted molar refractivity (Wildman–Crippen MR) is 91.0 cm³/mol. The summed E-state index contributed by atoms with van der Waals surface area (Å²) in [7, 11) is 6.76. The van der Waals surface area contributed by atoms with Gasteiger partial charge in [-0.25, -0.2) is 0 Å². The first-order valence-corrected chi connectivity index (χ1v) is 12.4. The second-order valence-corrected chi connectivity index (χ2v) is 13.3. The third-order valence-corrected chi connectivity index (χ3v) is 13.1. The van der Waals surface area contributed by atoms with Crippen molar-refractivity contribution in [3.05, 3.63) is 35.5 Å². The number of benzene rings is 1. The number of hydrogen-bond donors (Lipinski definition) is 1. The van der Waals surface area contributed by atoms with E-state index in [0.29, 0.717) is 0 Å². The Kier molecular flexibility index (Phi) is 5.39. The number of anilines is 1. The van der Waals surface area contributed by atoms with Crippen molar-refractivity contribution in [2.75, 3.05) is 5.32 Å². The van der Waals surface area contributed by atoms with Gasteiger partial charge in [-0.15, -0.1) is 17.9 Å². The van der Waals surface area contributed by atoms with Crippen LogP contribution in [0.25, 0.3) is 0 Å². The van der Waals surface area contributed by atoms with Gasteiger partial charge >= 0.3 is 0 Å². The fourth-order valence-corrected chi connectivity index (χ4v) is 6.03. The van der Waals surface area contributed by atoms with Crippen molar-refractivity contribution in [2.24, 2.45) is 0 Å². The Morgan fingerprint density at radius 3 is 3.00 bits per heavy atom. The molecule has 0 bridgehead atoms. The molecule has 4 unspecified atom stereocenters. The van der Waals surface area contributed by atoms with Crippen LogP contribution in [-0.4, -0.2) is 0 Å². The summed E-state index contributed by atoms with van der Waals surface area (Å²) in [6.45, 7) is 2.24. The lowest BCUT2D eigenvalue weighted by Gasteiger charge is -2.23. The molecule has 4 atom stereocenters. The molecule has 1 aliphatic heterocycles. The molecule has 1 heterocycles. The minimum Gasteiger partial charge on any atom is -0.361 e. The average Bonchev–Trinajstić information content (AvgIpc) is 2.37. The quantitative estimate of drug-likeness (QED) is 0.800. The Morgan fingerprint density at radius 2 is 2.29 bits per heavy atom. The molecule has 92 valence electrons. The van der Waals surface area contributed by atoms with Crippen LogP contribution in [0.4, 0.5) is 5.69 Å². The first kappa shape index (κ1) is 13.9. The van der Waals surface area contributed by atoms with Crippen LogP contribution in [0.2, 0.25) is 0 Å². The van der Waals surface area contributed by atoms with Crippen LogP contribution in [0.15, 0.2) is 30.0 Å². The molecular weight excluding hydrogens is 282 g/mol. The molecular formula is C12H19NP4. The minimum absolute atomic E-state index is 0.0763. The second kappa shape index (κ2) is 6.59. The molecule has 5 heteroatoms. The highest BCUT2D eigenvalue weighted by Crippen LogP contribution is 2.65. The van der Waals surface area contributed by atoms with Crippen LogP contribution in [0.1, 0.15) is 25.3 Å². The average molecular weight is 301 g/mol. The van der Waals surface area contributed by atoms with Crippen LogP contribution < -0.4 is 10.6 Å². The minimum atomic E-state index is -0.0763. The molecule has 0 radical (unpaired) electrons. The van der Waals surface area contributed by atoms with Gasteiger partial charge in [0.05, 0.1) is 0 Å². The second-order valence-electron chi connectivity index (χ2n) is 4.18. The van der Waals surface area contributed by atoms with Crippen molar-refractivity contribution >= 4 is 44.1 Å². The molecule has 1 nitrogen and oxygen atoms in total. The van der Waals surface area contributed by atoms with Crippen molar-refractivity contribution in [3.8, 4) is 0 Å². The summed E-state index contributed by atoms with van der Waals surface area (Å²) in [6.07, 6.45) is 5.77. The van der Waals surface area contributed by atoms with Crippen molar-refractivity contribution in [1.29, 1.82) is 0 Å². The molecule has 0 saturated carbocycles. The number of allylic oxidation sites excluding steroid dienone is 1. The maximum atomic E-state index is 3.45. The third kappa shape index (κ3) is 3.28. The summed E-state index contributed by atoms with van der Waals surface area (Å²) in [5.41, 5.74) is 4.36. The standard InChI is InChI=1S/C12H19NP4/c1-2-4-9-7-10-11(13-8-9)5-3-6-12(10)17(15)16-14/h3,5-6,8,13,16H,2,4,7,14-15H2,1H3. The van der Waals surface area contributed by atoms with Gasteiger partial charge in [-0.2, -0.15) is 0 Å². The van der Waals surface area contributed by atoms with Crippen molar-refractivity contribution < 1.29 is 0 Å². The Bertz CT molecular complexity index is 431. The molecule has 1 N–H and O–H groups in total. The predicted octanol–water partition coefficient (Wildman–Crippen LogP) is 4.62. The Morgan fingerprint density at radius 1 is 1.47 bits per heavy atom. The topological polar surface area (TPSA) is 12.0 Å². The van der Waals surface area contributed by atoms with E-state index in [4.69, 9.17) is 0 Å². The zero-order valence-electron chi connectivity index (χ0n) is 10.0. The third-order valence-electron chi connectivity index (χ3n) is 2.96. The van der Waals surface area contributed by atoms with E-state index in [1.54, 1.807) is 5.30 Å². The summed E-state index contributed by atoms with van der Waals surface area (Å²) < 4.78 is 0. The number of rotatable bonds is 4. The number of nitrogens with one attached hydrogen (secondary N) is 1. The van der Waals surface area contributed by atoms with Crippen molar-refractivity contribution in [2.45, 2.75) is 26.2 Å². The molecule has 1 aromatic carbocycles. The molecule has 0 spiro atoms. The first-order chi connectivity index (χ1) is 8.26. The summed E-state index contributed by atoms with van der Waals surface area (Å²) in [6, 6.07) is 6.66. The molecule has 0 aliphatic carbocycles. The van der Waals surface area contributed by atoms with Crippen LogP contribution >= 0.6 is 33.1 Å². The fraction of sp³-hybridized carbons (Fsp3) is 0.333. The van der Waals surface area contributed by atoms with Crippen LogP contribution in [0.5, 0.6) is 0 Å². The largest absolute Gasteiger partial charge is 0.361 e. The van der Waals surface area contributed by atoms with Crippen LogP contribution in [0.3, 0.4) is 0 Å². The Hall–Kier alpha value is 0.480. The van der Waals surface area contributed by atoms with Crippen molar-refractivity contribution in [1.82, 2.24) is 0 Å². The van der Waals surface area contributed by atoms with Crippen molar-refractivity contribution in [3.63, 3.8) is 0 Å². The summed E-state index contributed by atoms with van der Waals surface area (Å²) in [4.78, 5) is 0. The van der Waals surface area contributed by atoms with Gasteiger partial charge in [0.2, 0.25) is 0 Å². The van der Waals surface area contributed by atoms with Gasteiger partial charge in [-0.1, -0.05) is 33.4 Å². The van der Waals surface area contributed by atoms with Gasteiger partial charge in [0.1, 0.15) is 0 Å². The van der Waals surface area contributed by atoms with E-state index >= 15 is 0 Å².